The second-order valence-corrected chi connectivity index (χ2v) is 6.42. The molecule has 3 N–H and O–H groups in total. The van der Waals surface area contributed by atoms with Crippen molar-refractivity contribution in [1.82, 2.24) is 5.32 Å². The number of rotatable bonds is 4. The summed E-state index contributed by atoms with van der Waals surface area (Å²) in [4.78, 5) is 35.4. The molecule has 2 aromatic carbocycles. The molecule has 0 spiro atoms. The molecule has 2 aromatic rings. The Kier molecular flexibility index (Phi) is 5.02. The van der Waals surface area contributed by atoms with Crippen molar-refractivity contribution in [1.29, 1.82) is 0 Å². The molecular weight excluding hydrogens is 330 g/mol. The molecule has 0 radical (unpaired) electrons. The van der Waals surface area contributed by atoms with E-state index in [1.165, 1.54) is 19.4 Å². The van der Waals surface area contributed by atoms with Crippen LogP contribution in [0, 0.1) is 0 Å². The number of amides is 3. The summed E-state index contributed by atoms with van der Waals surface area (Å²) in [6, 6.07) is 12.9. The Hall–Kier alpha value is -3.15. The maximum atomic E-state index is 12.7. The van der Waals surface area contributed by atoms with Gasteiger partial charge in [0.05, 0.1) is 6.04 Å². The van der Waals surface area contributed by atoms with Crippen molar-refractivity contribution in [2.24, 2.45) is 0 Å². The maximum absolute atomic E-state index is 12.7. The van der Waals surface area contributed by atoms with Gasteiger partial charge < -0.3 is 16.0 Å². The largest absolute Gasteiger partial charge is 0.345 e. The predicted octanol–water partition coefficient (Wildman–Crippen LogP) is 3.02. The minimum Gasteiger partial charge on any atom is -0.345 e. The Morgan fingerprint density at radius 2 is 1.54 bits per heavy atom. The van der Waals surface area contributed by atoms with Crippen LogP contribution < -0.4 is 16.0 Å². The van der Waals surface area contributed by atoms with Gasteiger partial charge in [-0.25, -0.2) is 0 Å². The van der Waals surface area contributed by atoms with Crippen LogP contribution in [-0.4, -0.2) is 17.7 Å². The molecule has 0 heterocycles. The molecule has 3 amide bonds. The number of fused-ring (bicyclic) bond motifs is 1. The first kappa shape index (κ1) is 17.7. The summed E-state index contributed by atoms with van der Waals surface area (Å²) in [6.07, 6.45) is 1.79. The average Bonchev–Trinajstić information content (AvgIpc) is 2.96. The maximum Gasteiger partial charge on any atom is 0.251 e. The fourth-order valence-corrected chi connectivity index (χ4v) is 3.26. The lowest BCUT2D eigenvalue weighted by Gasteiger charge is -2.16. The molecule has 3 rings (SSSR count). The quantitative estimate of drug-likeness (QED) is 0.791. The monoisotopic (exact) mass is 351 g/mol. The summed E-state index contributed by atoms with van der Waals surface area (Å²) in [7, 11) is 0. The van der Waals surface area contributed by atoms with Crippen LogP contribution in [0.25, 0.3) is 0 Å². The van der Waals surface area contributed by atoms with Crippen LogP contribution in [-0.2, 0) is 16.0 Å². The first-order valence-corrected chi connectivity index (χ1v) is 8.51. The predicted molar refractivity (Wildman–Crippen MR) is 100 cm³/mol. The second kappa shape index (κ2) is 7.39. The van der Waals surface area contributed by atoms with E-state index in [4.69, 9.17) is 0 Å². The third-order valence-electron chi connectivity index (χ3n) is 4.27. The second-order valence-electron chi connectivity index (χ2n) is 6.42. The zero-order valence-corrected chi connectivity index (χ0v) is 14.8. The van der Waals surface area contributed by atoms with Crippen LogP contribution in [0.1, 0.15) is 47.8 Å². The Bertz CT molecular complexity index is 842. The molecule has 0 fully saturated rings. The van der Waals surface area contributed by atoms with Gasteiger partial charge in [-0.1, -0.05) is 24.3 Å². The van der Waals surface area contributed by atoms with Gasteiger partial charge in [0.2, 0.25) is 11.8 Å². The standard InChI is InChI=1S/C20H21N3O3/c1-12(24)21-16-9-15(10-17(11-16)22-13(2)25)20(26)23-19-8-7-14-5-3-4-6-18(14)19/h3-6,9-11,19H,7-8H2,1-2H3,(H,21,24)(H,22,25)(H,23,26)/t19-/m1/s1. The number of anilines is 2. The molecule has 0 unspecified atom stereocenters. The minimum atomic E-state index is -0.249. The molecule has 6 nitrogen and oxygen atoms in total. The van der Waals surface area contributed by atoms with Gasteiger partial charge >= 0.3 is 0 Å². The van der Waals surface area contributed by atoms with Crippen molar-refractivity contribution >= 4 is 29.1 Å². The lowest BCUT2D eigenvalue weighted by molar-refractivity contribution is -0.115. The van der Waals surface area contributed by atoms with Crippen molar-refractivity contribution in [2.75, 3.05) is 10.6 Å². The summed E-state index contributed by atoms with van der Waals surface area (Å²) in [5.74, 6) is -0.743. The normalized spacial score (nSPS) is 15.1. The Morgan fingerprint density at radius 1 is 0.923 bits per heavy atom. The molecule has 6 heteroatoms. The molecule has 1 atom stereocenters. The van der Waals surface area contributed by atoms with Gasteiger partial charge in [-0.15, -0.1) is 0 Å². The number of benzene rings is 2. The summed E-state index contributed by atoms with van der Waals surface area (Å²) in [5.41, 5.74) is 3.69. The SMILES string of the molecule is CC(=O)Nc1cc(NC(C)=O)cc(C(=O)N[C@@H]2CCc3ccccc32)c1. The number of carbonyl (C=O) groups excluding carboxylic acids is 3. The van der Waals surface area contributed by atoms with Gasteiger partial charge in [0.15, 0.2) is 0 Å². The van der Waals surface area contributed by atoms with Gasteiger partial charge in [0.1, 0.15) is 0 Å². The molecular formula is C20H21N3O3. The Balaban J connectivity index is 1.84. The van der Waals surface area contributed by atoms with E-state index in [9.17, 15) is 14.4 Å². The highest BCUT2D eigenvalue weighted by atomic mass is 16.2. The fraction of sp³-hybridized carbons (Fsp3) is 0.250. The molecule has 0 bridgehead atoms. The van der Waals surface area contributed by atoms with E-state index < -0.39 is 0 Å². The van der Waals surface area contributed by atoms with Crippen LogP contribution in [0.2, 0.25) is 0 Å². The molecule has 0 saturated heterocycles. The highest BCUT2D eigenvalue weighted by molar-refractivity contribution is 6.00. The molecule has 0 aromatic heterocycles. The van der Waals surface area contributed by atoms with Crippen LogP contribution in [0.4, 0.5) is 11.4 Å². The molecule has 26 heavy (non-hydrogen) atoms. The van der Waals surface area contributed by atoms with Crippen molar-refractivity contribution in [2.45, 2.75) is 32.7 Å². The summed E-state index contributed by atoms with van der Waals surface area (Å²) in [5, 5.41) is 8.35. The number of nitrogens with one attached hydrogen (secondary N) is 3. The van der Waals surface area contributed by atoms with Gasteiger partial charge in [-0.2, -0.15) is 0 Å². The van der Waals surface area contributed by atoms with Crippen LogP contribution in [0.15, 0.2) is 42.5 Å². The molecule has 0 aliphatic heterocycles. The lowest BCUT2D eigenvalue weighted by Crippen LogP contribution is -2.27. The van der Waals surface area contributed by atoms with Crippen LogP contribution in [0.3, 0.4) is 0 Å². The summed E-state index contributed by atoms with van der Waals surface area (Å²) in [6.45, 7) is 2.78. The third kappa shape index (κ3) is 4.08. The fourth-order valence-electron chi connectivity index (χ4n) is 3.26. The minimum absolute atomic E-state index is 0.0349. The van der Waals surface area contributed by atoms with E-state index in [2.05, 4.69) is 22.0 Å². The number of aryl methyl sites for hydroxylation is 1. The van der Waals surface area contributed by atoms with Gasteiger partial charge in [-0.05, 0) is 42.2 Å². The molecule has 1 aliphatic carbocycles. The van der Waals surface area contributed by atoms with Crippen molar-refractivity contribution in [3.63, 3.8) is 0 Å². The van der Waals surface area contributed by atoms with Gasteiger partial charge in [-0.3, -0.25) is 14.4 Å². The first-order valence-electron chi connectivity index (χ1n) is 8.51. The number of hydrogen-bond donors (Lipinski definition) is 3. The van der Waals surface area contributed by atoms with Crippen LogP contribution >= 0.6 is 0 Å². The van der Waals surface area contributed by atoms with Crippen molar-refractivity contribution in [3.05, 3.63) is 59.2 Å². The van der Waals surface area contributed by atoms with Gasteiger partial charge in [0.25, 0.3) is 5.91 Å². The van der Waals surface area contributed by atoms with E-state index in [0.717, 1.165) is 18.4 Å². The summed E-state index contributed by atoms with van der Waals surface area (Å²) < 4.78 is 0. The van der Waals surface area contributed by atoms with Crippen LogP contribution in [0.5, 0.6) is 0 Å². The summed E-state index contributed by atoms with van der Waals surface area (Å²) >= 11 is 0. The zero-order valence-electron chi connectivity index (χ0n) is 14.8. The van der Waals surface area contributed by atoms with E-state index in [1.54, 1.807) is 18.2 Å². The molecule has 1 aliphatic rings. The Morgan fingerprint density at radius 3 is 2.15 bits per heavy atom. The lowest BCUT2D eigenvalue weighted by atomic mass is 10.1. The smallest absolute Gasteiger partial charge is 0.251 e. The zero-order chi connectivity index (χ0) is 18.7. The van der Waals surface area contributed by atoms with E-state index in [1.807, 2.05) is 18.2 Å². The highest BCUT2D eigenvalue weighted by Crippen LogP contribution is 2.31. The van der Waals surface area contributed by atoms with E-state index >= 15 is 0 Å². The average molecular weight is 351 g/mol. The van der Waals surface area contributed by atoms with Crippen molar-refractivity contribution in [3.8, 4) is 0 Å². The topological polar surface area (TPSA) is 87.3 Å². The first-order chi connectivity index (χ1) is 12.4. The number of hydrogen-bond acceptors (Lipinski definition) is 3. The van der Waals surface area contributed by atoms with E-state index in [-0.39, 0.29) is 23.8 Å². The number of carbonyl (C=O) groups is 3. The van der Waals surface area contributed by atoms with Gasteiger partial charge in [0, 0.05) is 30.8 Å². The highest BCUT2D eigenvalue weighted by Gasteiger charge is 2.24. The van der Waals surface area contributed by atoms with E-state index in [0.29, 0.717) is 16.9 Å². The molecule has 134 valence electrons. The third-order valence-corrected chi connectivity index (χ3v) is 4.27. The van der Waals surface area contributed by atoms with Crippen molar-refractivity contribution < 1.29 is 14.4 Å². The molecule has 0 saturated carbocycles. The Labute approximate surface area is 152 Å².